The average molecular weight is 338 g/mol. The lowest BCUT2D eigenvalue weighted by molar-refractivity contribution is -0.128. The van der Waals surface area contributed by atoms with Crippen LogP contribution in [0.3, 0.4) is 0 Å². The molecular formula is C20H26N4O. The maximum absolute atomic E-state index is 11.8. The number of anilines is 1. The summed E-state index contributed by atoms with van der Waals surface area (Å²) in [5.41, 5.74) is 4.98. The number of aromatic amines is 1. The van der Waals surface area contributed by atoms with E-state index in [2.05, 4.69) is 45.1 Å². The van der Waals surface area contributed by atoms with Gasteiger partial charge in [-0.25, -0.2) is 0 Å². The van der Waals surface area contributed by atoms with E-state index < -0.39 is 0 Å². The van der Waals surface area contributed by atoms with Gasteiger partial charge in [-0.1, -0.05) is 6.07 Å². The van der Waals surface area contributed by atoms with Crippen molar-refractivity contribution in [2.24, 2.45) is 5.92 Å². The van der Waals surface area contributed by atoms with E-state index in [-0.39, 0.29) is 0 Å². The smallest absolute Gasteiger partial charge is 0.222 e. The monoisotopic (exact) mass is 338 g/mol. The van der Waals surface area contributed by atoms with E-state index in [9.17, 15) is 4.79 Å². The average Bonchev–Trinajstić information content (AvgIpc) is 3.28. The van der Waals surface area contributed by atoms with Crippen molar-refractivity contribution in [2.75, 3.05) is 31.1 Å². The molecule has 3 heterocycles. The lowest BCUT2D eigenvalue weighted by atomic mass is 9.95. The van der Waals surface area contributed by atoms with Gasteiger partial charge in [-0.3, -0.25) is 9.89 Å². The van der Waals surface area contributed by atoms with E-state index in [1.165, 1.54) is 29.7 Å². The predicted octanol–water partition coefficient (Wildman–Crippen LogP) is 3.22. The number of piperidine rings is 1. The summed E-state index contributed by atoms with van der Waals surface area (Å²) in [5.74, 6) is 1.01. The lowest BCUT2D eigenvalue weighted by Gasteiger charge is -2.36. The summed E-state index contributed by atoms with van der Waals surface area (Å²) in [6.07, 6.45) is 7.93. The molecule has 1 N–H and O–H groups in total. The maximum Gasteiger partial charge on any atom is 0.222 e. The van der Waals surface area contributed by atoms with Gasteiger partial charge in [0.1, 0.15) is 0 Å². The van der Waals surface area contributed by atoms with Gasteiger partial charge in [0, 0.05) is 50.0 Å². The molecule has 0 saturated carbocycles. The number of hydrogen-bond donors (Lipinski definition) is 1. The molecule has 4 rings (SSSR count). The van der Waals surface area contributed by atoms with E-state index in [1.54, 1.807) is 0 Å². The molecule has 0 atom stereocenters. The molecule has 0 aliphatic carbocycles. The van der Waals surface area contributed by atoms with Gasteiger partial charge in [-0.05, 0) is 55.4 Å². The number of nitrogens with zero attached hydrogens (tertiary/aromatic N) is 3. The first-order valence-corrected chi connectivity index (χ1v) is 9.33. The van der Waals surface area contributed by atoms with Crippen LogP contribution in [0.5, 0.6) is 0 Å². The van der Waals surface area contributed by atoms with Crippen molar-refractivity contribution >= 4 is 11.6 Å². The van der Waals surface area contributed by atoms with Crippen LogP contribution in [-0.2, 0) is 4.79 Å². The van der Waals surface area contributed by atoms with Crippen LogP contribution in [0.25, 0.3) is 11.1 Å². The van der Waals surface area contributed by atoms with Gasteiger partial charge in [-0.2, -0.15) is 5.10 Å². The van der Waals surface area contributed by atoms with Crippen molar-refractivity contribution in [3.05, 3.63) is 36.2 Å². The molecule has 5 nitrogen and oxygen atoms in total. The molecule has 1 amide bonds. The van der Waals surface area contributed by atoms with Crippen molar-refractivity contribution < 1.29 is 4.79 Å². The summed E-state index contributed by atoms with van der Waals surface area (Å²) in [6, 6.07) is 6.67. The zero-order valence-corrected chi connectivity index (χ0v) is 14.9. The van der Waals surface area contributed by atoms with E-state index in [0.29, 0.717) is 11.8 Å². The first-order valence-electron chi connectivity index (χ1n) is 9.33. The van der Waals surface area contributed by atoms with Crippen LogP contribution in [0.2, 0.25) is 0 Å². The largest absolute Gasteiger partial charge is 0.371 e. The Morgan fingerprint density at radius 2 is 2.04 bits per heavy atom. The minimum Gasteiger partial charge on any atom is -0.371 e. The Balaban J connectivity index is 1.38. The number of carbonyl (C=O) groups is 1. The fourth-order valence-electron chi connectivity index (χ4n) is 4.16. The summed E-state index contributed by atoms with van der Waals surface area (Å²) in [7, 11) is 0. The van der Waals surface area contributed by atoms with E-state index >= 15 is 0 Å². The van der Waals surface area contributed by atoms with Gasteiger partial charge in [0.15, 0.2) is 0 Å². The highest BCUT2D eigenvalue weighted by molar-refractivity contribution is 5.78. The first-order chi connectivity index (χ1) is 12.2. The zero-order chi connectivity index (χ0) is 17.2. The van der Waals surface area contributed by atoms with E-state index in [0.717, 1.165) is 44.6 Å². The number of likely N-dealkylation sites (tertiary alicyclic amines) is 1. The molecule has 2 fully saturated rings. The van der Waals surface area contributed by atoms with Gasteiger partial charge in [0.05, 0.1) is 6.20 Å². The fraction of sp³-hybridized carbons (Fsp3) is 0.500. The number of hydrogen-bond acceptors (Lipinski definition) is 3. The van der Waals surface area contributed by atoms with Gasteiger partial charge in [0.2, 0.25) is 5.91 Å². The highest BCUT2D eigenvalue weighted by atomic mass is 16.2. The van der Waals surface area contributed by atoms with Crippen LogP contribution in [0.4, 0.5) is 5.69 Å². The van der Waals surface area contributed by atoms with Crippen molar-refractivity contribution in [1.29, 1.82) is 0 Å². The summed E-state index contributed by atoms with van der Waals surface area (Å²) < 4.78 is 0. The zero-order valence-electron chi connectivity index (χ0n) is 14.9. The van der Waals surface area contributed by atoms with Gasteiger partial charge >= 0.3 is 0 Å². The maximum atomic E-state index is 11.8. The SMILES string of the molecule is Cc1cc(-c2cn[nH]c2)ccc1N1CCC(CN2CCCC2=O)CC1. The molecule has 1 aromatic carbocycles. The number of rotatable bonds is 4. The highest BCUT2D eigenvalue weighted by Gasteiger charge is 2.26. The van der Waals surface area contributed by atoms with Crippen LogP contribution in [0.15, 0.2) is 30.6 Å². The Morgan fingerprint density at radius 3 is 2.68 bits per heavy atom. The Morgan fingerprint density at radius 1 is 1.20 bits per heavy atom. The normalized spacial score (nSPS) is 19.0. The summed E-state index contributed by atoms with van der Waals surface area (Å²) in [4.78, 5) is 16.4. The number of aryl methyl sites for hydroxylation is 1. The third kappa shape index (κ3) is 3.41. The minimum atomic E-state index is 0.355. The van der Waals surface area contributed by atoms with Crippen LogP contribution in [0, 0.1) is 12.8 Å². The fourth-order valence-corrected chi connectivity index (χ4v) is 4.16. The number of aromatic nitrogens is 2. The third-order valence-electron chi connectivity index (χ3n) is 5.63. The molecule has 0 bridgehead atoms. The second kappa shape index (κ2) is 6.90. The standard InChI is InChI=1S/C20H26N4O/c1-15-11-17(18-12-21-22-13-18)4-5-19(15)23-9-6-16(7-10-23)14-24-8-2-3-20(24)25/h4-5,11-13,16H,2-3,6-10,14H2,1H3,(H,21,22). The molecule has 25 heavy (non-hydrogen) atoms. The van der Waals surface area contributed by atoms with E-state index in [4.69, 9.17) is 0 Å². The molecule has 2 saturated heterocycles. The molecule has 2 aliphatic rings. The summed E-state index contributed by atoms with van der Waals surface area (Å²) in [6.45, 7) is 6.28. The summed E-state index contributed by atoms with van der Waals surface area (Å²) in [5, 5.41) is 6.91. The van der Waals surface area contributed by atoms with Crippen molar-refractivity contribution in [3.8, 4) is 11.1 Å². The Bertz CT molecular complexity index is 732. The predicted molar refractivity (Wildman–Crippen MR) is 99.5 cm³/mol. The molecule has 1 aromatic heterocycles. The molecule has 2 aromatic rings. The minimum absolute atomic E-state index is 0.355. The molecule has 5 heteroatoms. The quantitative estimate of drug-likeness (QED) is 0.931. The molecule has 0 unspecified atom stereocenters. The highest BCUT2D eigenvalue weighted by Crippen LogP contribution is 2.30. The van der Waals surface area contributed by atoms with Crippen LogP contribution in [-0.4, -0.2) is 47.2 Å². The van der Waals surface area contributed by atoms with Crippen molar-refractivity contribution in [2.45, 2.75) is 32.6 Å². The molecule has 132 valence electrons. The number of benzene rings is 1. The third-order valence-corrected chi connectivity index (χ3v) is 5.63. The number of amides is 1. The van der Waals surface area contributed by atoms with Crippen LogP contribution in [0.1, 0.15) is 31.2 Å². The Hall–Kier alpha value is -2.30. The Kier molecular flexibility index (Phi) is 4.47. The van der Waals surface area contributed by atoms with Crippen LogP contribution < -0.4 is 4.90 Å². The van der Waals surface area contributed by atoms with Gasteiger partial charge in [0.25, 0.3) is 0 Å². The number of H-pyrrole nitrogens is 1. The summed E-state index contributed by atoms with van der Waals surface area (Å²) >= 11 is 0. The van der Waals surface area contributed by atoms with Gasteiger partial charge in [-0.15, -0.1) is 0 Å². The molecular weight excluding hydrogens is 312 g/mol. The number of nitrogens with one attached hydrogen (secondary N) is 1. The molecule has 2 aliphatic heterocycles. The first kappa shape index (κ1) is 16.2. The lowest BCUT2D eigenvalue weighted by Crippen LogP contribution is -2.39. The van der Waals surface area contributed by atoms with E-state index in [1.807, 2.05) is 12.4 Å². The second-order valence-electron chi connectivity index (χ2n) is 7.36. The van der Waals surface area contributed by atoms with Gasteiger partial charge < -0.3 is 9.80 Å². The molecule has 0 spiro atoms. The van der Waals surface area contributed by atoms with Crippen molar-refractivity contribution in [3.63, 3.8) is 0 Å². The second-order valence-corrected chi connectivity index (χ2v) is 7.36. The van der Waals surface area contributed by atoms with Crippen molar-refractivity contribution in [1.82, 2.24) is 15.1 Å². The number of carbonyl (C=O) groups excluding carboxylic acids is 1. The topological polar surface area (TPSA) is 52.2 Å². The molecule has 0 radical (unpaired) electrons. The van der Waals surface area contributed by atoms with Crippen LogP contribution >= 0.6 is 0 Å². The Labute approximate surface area is 149 Å².